The number of aromatic nitrogens is 4. The highest BCUT2D eigenvalue weighted by Crippen LogP contribution is 2.41. The van der Waals surface area contributed by atoms with Crippen molar-refractivity contribution in [1.29, 1.82) is 0 Å². The fourth-order valence-corrected chi connectivity index (χ4v) is 5.68. The van der Waals surface area contributed by atoms with Crippen LogP contribution in [0.4, 0.5) is 11.8 Å². The van der Waals surface area contributed by atoms with Gasteiger partial charge in [-0.25, -0.2) is 9.97 Å². The third-order valence-electron chi connectivity index (χ3n) is 5.88. The van der Waals surface area contributed by atoms with E-state index in [1.165, 1.54) is 46.3 Å². The van der Waals surface area contributed by atoms with Gasteiger partial charge < -0.3 is 14.3 Å². The minimum atomic E-state index is 0.326. The number of thiophene rings is 1. The number of fused-ring (bicyclic) bond motifs is 3. The van der Waals surface area contributed by atoms with Crippen molar-refractivity contribution in [3.8, 4) is 0 Å². The van der Waals surface area contributed by atoms with Crippen LogP contribution in [-0.4, -0.2) is 47.3 Å². The summed E-state index contributed by atoms with van der Waals surface area (Å²) < 4.78 is 5.51. The van der Waals surface area contributed by atoms with E-state index in [1.54, 1.807) is 0 Å². The summed E-state index contributed by atoms with van der Waals surface area (Å²) in [4.78, 5) is 21.2. The molecule has 7 nitrogen and oxygen atoms in total. The molecule has 4 heterocycles. The third-order valence-corrected chi connectivity index (χ3v) is 7.07. The van der Waals surface area contributed by atoms with E-state index in [-0.39, 0.29) is 0 Å². The molecule has 0 bridgehead atoms. The Morgan fingerprint density at radius 3 is 2.61 bits per heavy atom. The van der Waals surface area contributed by atoms with Crippen LogP contribution in [0.1, 0.15) is 53.8 Å². The van der Waals surface area contributed by atoms with Crippen LogP contribution in [0, 0.1) is 6.92 Å². The van der Waals surface area contributed by atoms with E-state index in [9.17, 15) is 0 Å². The second kappa shape index (κ2) is 6.99. The molecule has 2 aliphatic rings. The van der Waals surface area contributed by atoms with Crippen LogP contribution in [-0.2, 0) is 12.8 Å². The van der Waals surface area contributed by atoms with Gasteiger partial charge >= 0.3 is 0 Å². The van der Waals surface area contributed by atoms with Gasteiger partial charge in [0.1, 0.15) is 16.5 Å². The summed E-state index contributed by atoms with van der Waals surface area (Å²) in [5.41, 5.74) is 1.51. The molecule has 3 aromatic rings. The lowest BCUT2D eigenvalue weighted by Gasteiger charge is -2.32. The van der Waals surface area contributed by atoms with E-state index >= 15 is 0 Å². The molecule has 0 radical (unpaired) electrons. The standard InChI is InChI=1S/C20H26N6OS/c1-12-21-17(16-14-6-4-5-7-15(14)28-19(16)22-12)26-10-8-13(9-11-26)18-23-20(24-27-18)25(2)3/h13H,4-11H2,1-3H3. The average molecular weight is 399 g/mol. The monoisotopic (exact) mass is 398 g/mol. The fourth-order valence-electron chi connectivity index (χ4n) is 4.38. The summed E-state index contributed by atoms with van der Waals surface area (Å²) in [7, 11) is 3.86. The van der Waals surface area contributed by atoms with Gasteiger partial charge in [0.05, 0.1) is 5.39 Å². The maximum atomic E-state index is 5.51. The Hall–Kier alpha value is -2.22. The molecule has 28 heavy (non-hydrogen) atoms. The molecular formula is C20H26N6OS. The molecule has 5 rings (SSSR count). The van der Waals surface area contributed by atoms with Gasteiger partial charge in [-0.05, 0) is 56.2 Å². The first-order valence-electron chi connectivity index (χ1n) is 10.1. The predicted octanol–water partition coefficient (Wildman–Crippen LogP) is 3.71. The maximum absolute atomic E-state index is 5.51. The maximum Gasteiger partial charge on any atom is 0.265 e. The molecule has 0 unspecified atom stereocenters. The highest BCUT2D eigenvalue weighted by molar-refractivity contribution is 7.19. The summed E-state index contributed by atoms with van der Waals surface area (Å²) in [6.45, 7) is 3.93. The van der Waals surface area contributed by atoms with Gasteiger partial charge in [-0.1, -0.05) is 0 Å². The molecule has 3 aromatic heterocycles. The third kappa shape index (κ3) is 3.03. The van der Waals surface area contributed by atoms with Crippen LogP contribution in [0.25, 0.3) is 10.2 Å². The summed E-state index contributed by atoms with van der Waals surface area (Å²) in [5.74, 6) is 3.75. The Kier molecular flexibility index (Phi) is 4.45. The number of aryl methyl sites for hydroxylation is 3. The van der Waals surface area contributed by atoms with Crippen molar-refractivity contribution in [2.45, 2.75) is 51.4 Å². The molecule has 148 valence electrons. The van der Waals surface area contributed by atoms with Crippen molar-refractivity contribution < 1.29 is 4.52 Å². The van der Waals surface area contributed by atoms with Crippen molar-refractivity contribution in [3.05, 3.63) is 22.2 Å². The first-order chi connectivity index (χ1) is 13.6. The largest absolute Gasteiger partial charge is 0.356 e. The number of nitrogens with zero attached hydrogens (tertiary/aromatic N) is 6. The topological polar surface area (TPSA) is 71.2 Å². The molecule has 0 amide bonds. The molecule has 0 spiro atoms. The molecule has 1 saturated heterocycles. The van der Waals surface area contributed by atoms with Gasteiger partial charge in [-0.3, -0.25) is 0 Å². The quantitative estimate of drug-likeness (QED) is 0.666. The molecule has 1 aliphatic heterocycles. The zero-order valence-corrected chi connectivity index (χ0v) is 17.6. The first kappa shape index (κ1) is 17.8. The Morgan fingerprint density at radius 1 is 1.07 bits per heavy atom. The Bertz CT molecular complexity index is 1000. The van der Waals surface area contributed by atoms with Crippen LogP contribution < -0.4 is 9.80 Å². The van der Waals surface area contributed by atoms with Gasteiger partial charge in [0.2, 0.25) is 5.89 Å². The van der Waals surface area contributed by atoms with Crippen LogP contribution in [0.2, 0.25) is 0 Å². The van der Waals surface area contributed by atoms with Crippen LogP contribution in [0.15, 0.2) is 4.52 Å². The van der Waals surface area contributed by atoms with Crippen molar-refractivity contribution in [1.82, 2.24) is 20.1 Å². The van der Waals surface area contributed by atoms with Crippen LogP contribution in [0.3, 0.4) is 0 Å². The first-order valence-corrected chi connectivity index (χ1v) is 11.0. The Balaban J connectivity index is 1.41. The van der Waals surface area contributed by atoms with E-state index in [1.807, 2.05) is 37.3 Å². The molecule has 0 aromatic carbocycles. The van der Waals surface area contributed by atoms with Crippen molar-refractivity contribution in [3.63, 3.8) is 0 Å². The smallest absolute Gasteiger partial charge is 0.265 e. The number of piperidine rings is 1. The van der Waals surface area contributed by atoms with Gasteiger partial charge in [0, 0.05) is 38.0 Å². The van der Waals surface area contributed by atoms with Crippen molar-refractivity contribution in [2.24, 2.45) is 0 Å². The molecule has 0 saturated carbocycles. The second-order valence-electron chi connectivity index (χ2n) is 8.07. The molecular weight excluding hydrogens is 372 g/mol. The van der Waals surface area contributed by atoms with Gasteiger partial charge in [-0.2, -0.15) is 4.98 Å². The van der Waals surface area contributed by atoms with Crippen LogP contribution >= 0.6 is 11.3 Å². The minimum Gasteiger partial charge on any atom is -0.356 e. The summed E-state index contributed by atoms with van der Waals surface area (Å²) in [6.07, 6.45) is 6.95. The van der Waals surface area contributed by atoms with Crippen molar-refractivity contribution in [2.75, 3.05) is 37.0 Å². The van der Waals surface area contributed by atoms with E-state index in [0.29, 0.717) is 11.9 Å². The number of hydrogen-bond donors (Lipinski definition) is 0. The molecule has 1 fully saturated rings. The highest BCUT2D eigenvalue weighted by atomic mass is 32.1. The van der Waals surface area contributed by atoms with Gasteiger partial charge in [0.25, 0.3) is 5.95 Å². The summed E-state index contributed by atoms with van der Waals surface area (Å²) >= 11 is 1.88. The molecule has 0 N–H and O–H groups in total. The lowest BCUT2D eigenvalue weighted by molar-refractivity contribution is 0.329. The lowest BCUT2D eigenvalue weighted by atomic mass is 9.95. The highest BCUT2D eigenvalue weighted by Gasteiger charge is 2.29. The van der Waals surface area contributed by atoms with E-state index in [2.05, 4.69) is 15.0 Å². The number of anilines is 2. The normalized spacial score (nSPS) is 17.9. The molecule has 8 heteroatoms. The minimum absolute atomic E-state index is 0.326. The zero-order chi connectivity index (χ0) is 19.3. The SMILES string of the molecule is Cc1nc(N2CCC(c3nc(N(C)C)no3)CC2)c2c3c(sc2n1)CCCC3. The van der Waals surface area contributed by atoms with Crippen molar-refractivity contribution >= 4 is 33.3 Å². The predicted molar refractivity (Wildman–Crippen MR) is 112 cm³/mol. The van der Waals surface area contributed by atoms with E-state index in [4.69, 9.17) is 14.5 Å². The van der Waals surface area contributed by atoms with Gasteiger partial charge in [0.15, 0.2) is 0 Å². The second-order valence-corrected chi connectivity index (χ2v) is 9.16. The van der Waals surface area contributed by atoms with E-state index in [0.717, 1.165) is 43.5 Å². The van der Waals surface area contributed by atoms with Crippen LogP contribution in [0.5, 0.6) is 0 Å². The number of rotatable bonds is 3. The lowest BCUT2D eigenvalue weighted by Crippen LogP contribution is -2.34. The Labute approximate surface area is 168 Å². The van der Waals surface area contributed by atoms with Gasteiger partial charge in [-0.15, -0.1) is 11.3 Å². The summed E-state index contributed by atoms with van der Waals surface area (Å²) in [5, 5.41) is 5.38. The molecule has 0 atom stereocenters. The number of hydrogen-bond acceptors (Lipinski definition) is 8. The summed E-state index contributed by atoms with van der Waals surface area (Å²) in [6, 6.07) is 0. The molecule has 1 aliphatic carbocycles. The Morgan fingerprint density at radius 2 is 1.86 bits per heavy atom. The van der Waals surface area contributed by atoms with E-state index < -0.39 is 0 Å². The zero-order valence-electron chi connectivity index (χ0n) is 16.7. The fraction of sp³-hybridized carbons (Fsp3) is 0.600. The average Bonchev–Trinajstić information content (AvgIpc) is 3.32.